The molecule has 1 saturated heterocycles. The summed E-state index contributed by atoms with van der Waals surface area (Å²) < 4.78 is 6.31. The molecular weight excluding hydrogens is 296 g/mol. The highest BCUT2D eigenvalue weighted by atomic mass is 35.5. The lowest BCUT2D eigenvalue weighted by molar-refractivity contribution is 0.00392. The highest BCUT2D eigenvalue weighted by molar-refractivity contribution is 7.21. The molecule has 1 atom stereocenters. The van der Waals surface area contributed by atoms with E-state index in [0.717, 1.165) is 10.1 Å². The van der Waals surface area contributed by atoms with Gasteiger partial charge in [0.2, 0.25) is 0 Å². The maximum atomic E-state index is 12.7. The first-order chi connectivity index (χ1) is 9.58. The molecule has 0 aliphatic carbocycles. The second kappa shape index (κ2) is 5.24. The molecule has 0 spiro atoms. The van der Waals surface area contributed by atoms with Crippen LogP contribution in [-0.4, -0.2) is 36.6 Å². The van der Waals surface area contributed by atoms with Crippen molar-refractivity contribution in [3.8, 4) is 0 Å². The molecule has 2 aromatic rings. The Hall–Kier alpha value is -1.30. The first-order valence-corrected chi connectivity index (χ1v) is 7.63. The van der Waals surface area contributed by atoms with Crippen molar-refractivity contribution >= 4 is 44.6 Å². The molecule has 0 saturated carbocycles. The van der Waals surface area contributed by atoms with Gasteiger partial charge in [0.25, 0.3) is 5.91 Å². The molecular formula is C14H15ClN2O2S. The van der Waals surface area contributed by atoms with Gasteiger partial charge in [0.15, 0.2) is 0 Å². The Balaban J connectivity index is 2.01. The summed E-state index contributed by atoms with van der Waals surface area (Å²) in [4.78, 5) is 15.1. The number of thiophene rings is 1. The van der Waals surface area contributed by atoms with Gasteiger partial charge < -0.3 is 15.4 Å². The molecule has 1 aliphatic rings. The molecule has 1 fully saturated rings. The van der Waals surface area contributed by atoms with Crippen LogP contribution in [0.3, 0.4) is 0 Å². The minimum atomic E-state index is -0.0179. The van der Waals surface area contributed by atoms with E-state index in [0.29, 0.717) is 35.3 Å². The highest BCUT2D eigenvalue weighted by Crippen LogP contribution is 2.36. The highest BCUT2D eigenvalue weighted by Gasteiger charge is 2.28. The Labute approximate surface area is 126 Å². The minimum Gasteiger partial charge on any atom is -0.397 e. The predicted octanol–water partition coefficient (Wildman–Crippen LogP) is 3.00. The fourth-order valence-electron chi connectivity index (χ4n) is 2.41. The maximum Gasteiger partial charge on any atom is 0.266 e. The van der Waals surface area contributed by atoms with E-state index in [9.17, 15) is 4.79 Å². The van der Waals surface area contributed by atoms with Crippen LogP contribution in [0.4, 0.5) is 5.69 Å². The zero-order chi connectivity index (χ0) is 14.3. The lowest BCUT2D eigenvalue weighted by Crippen LogP contribution is -2.47. The smallest absolute Gasteiger partial charge is 0.266 e. The van der Waals surface area contributed by atoms with Crippen LogP contribution in [0.2, 0.25) is 5.02 Å². The van der Waals surface area contributed by atoms with Gasteiger partial charge in [-0.05, 0) is 25.1 Å². The number of carbonyl (C=O) groups is 1. The number of nitrogens with two attached hydrogens (primary N) is 1. The van der Waals surface area contributed by atoms with Crippen molar-refractivity contribution in [2.75, 3.05) is 25.5 Å². The molecule has 1 aromatic carbocycles. The predicted molar refractivity (Wildman–Crippen MR) is 82.6 cm³/mol. The fourth-order valence-corrected chi connectivity index (χ4v) is 3.76. The minimum absolute atomic E-state index is 0.0179. The van der Waals surface area contributed by atoms with Gasteiger partial charge in [-0.25, -0.2) is 0 Å². The average molecular weight is 311 g/mol. The topological polar surface area (TPSA) is 55.6 Å². The van der Waals surface area contributed by atoms with E-state index in [1.54, 1.807) is 6.07 Å². The molecule has 2 heterocycles. The van der Waals surface area contributed by atoms with E-state index >= 15 is 0 Å². The number of ether oxygens (including phenoxy) is 1. The number of nitrogen functional groups attached to an aromatic ring is 1. The number of hydrogen-bond donors (Lipinski definition) is 1. The molecule has 6 heteroatoms. The van der Waals surface area contributed by atoms with Gasteiger partial charge in [-0.15, -0.1) is 11.3 Å². The largest absolute Gasteiger partial charge is 0.397 e. The van der Waals surface area contributed by atoms with E-state index < -0.39 is 0 Å². The van der Waals surface area contributed by atoms with Gasteiger partial charge in [0, 0.05) is 21.7 Å². The lowest BCUT2D eigenvalue weighted by atomic mass is 10.2. The van der Waals surface area contributed by atoms with Crippen molar-refractivity contribution in [3.05, 3.63) is 28.1 Å². The van der Waals surface area contributed by atoms with Crippen LogP contribution >= 0.6 is 22.9 Å². The fraction of sp³-hybridized carbons (Fsp3) is 0.357. The molecule has 1 unspecified atom stereocenters. The van der Waals surface area contributed by atoms with Crippen molar-refractivity contribution in [2.45, 2.75) is 13.0 Å². The summed E-state index contributed by atoms with van der Waals surface area (Å²) in [6, 6.07) is 5.57. The van der Waals surface area contributed by atoms with Gasteiger partial charge in [0.1, 0.15) is 4.88 Å². The Kier molecular flexibility index (Phi) is 3.58. The van der Waals surface area contributed by atoms with Crippen molar-refractivity contribution < 1.29 is 9.53 Å². The number of benzene rings is 1. The molecule has 4 nitrogen and oxygen atoms in total. The molecule has 106 valence electrons. The standard InChI is InChI=1S/C14H15ClN2O2S/c1-8-7-19-5-4-17(8)14(18)13-12(16)10-3-2-9(15)6-11(10)20-13/h2-3,6,8H,4-5,7,16H2,1H3. The summed E-state index contributed by atoms with van der Waals surface area (Å²) in [5, 5.41) is 1.54. The van der Waals surface area contributed by atoms with Crippen LogP contribution in [-0.2, 0) is 4.74 Å². The lowest BCUT2D eigenvalue weighted by Gasteiger charge is -2.33. The van der Waals surface area contributed by atoms with Crippen LogP contribution in [0.15, 0.2) is 18.2 Å². The third kappa shape index (κ3) is 2.26. The average Bonchev–Trinajstić information content (AvgIpc) is 2.75. The third-order valence-corrected chi connectivity index (χ3v) is 4.90. The molecule has 20 heavy (non-hydrogen) atoms. The van der Waals surface area contributed by atoms with E-state index in [1.807, 2.05) is 24.0 Å². The maximum absolute atomic E-state index is 12.7. The van der Waals surface area contributed by atoms with Crippen molar-refractivity contribution in [1.29, 1.82) is 0 Å². The molecule has 1 amide bonds. The van der Waals surface area contributed by atoms with E-state index in [4.69, 9.17) is 22.1 Å². The number of hydrogen-bond acceptors (Lipinski definition) is 4. The number of nitrogens with zero attached hydrogens (tertiary/aromatic N) is 1. The van der Waals surface area contributed by atoms with Crippen LogP contribution in [0, 0.1) is 0 Å². The summed E-state index contributed by atoms with van der Waals surface area (Å²) in [5.74, 6) is -0.0179. The van der Waals surface area contributed by atoms with Crippen LogP contribution < -0.4 is 5.73 Å². The van der Waals surface area contributed by atoms with Crippen molar-refractivity contribution in [3.63, 3.8) is 0 Å². The zero-order valence-electron chi connectivity index (χ0n) is 11.1. The van der Waals surface area contributed by atoms with Crippen molar-refractivity contribution in [1.82, 2.24) is 4.90 Å². The third-order valence-electron chi connectivity index (χ3n) is 3.51. The first-order valence-electron chi connectivity index (χ1n) is 6.44. The summed E-state index contributed by atoms with van der Waals surface area (Å²) in [5.41, 5.74) is 6.68. The van der Waals surface area contributed by atoms with E-state index in [1.165, 1.54) is 11.3 Å². The van der Waals surface area contributed by atoms with Gasteiger partial charge in [-0.2, -0.15) is 0 Å². The van der Waals surface area contributed by atoms with Gasteiger partial charge in [-0.1, -0.05) is 11.6 Å². The summed E-state index contributed by atoms with van der Waals surface area (Å²) >= 11 is 7.39. The van der Waals surface area contributed by atoms with Crippen molar-refractivity contribution in [2.24, 2.45) is 0 Å². The number of anilines is 1. The van der Waals surface area contributed by atoms with Gasteiger partial charge in [0.05, 0.1) is 24.9 Å². The van der Waals surface area contributed by atoms with Crippen LogP contribution in [0.1, 0.15) is 16.6 Å². The summed E-state index contributed by atoms with van der Waals surface area (Å²) in [6.45, 7) is 3.74. The monoisotopic (exact) mass is 310 g/mol. The number of rotatable bonds is 1. The molecule has 0 bridgehead atoms. The SMILES string of the molecule is CC1COCCN1C(=O)c1sc2cc(Cl)ccc2c1N. The quantitative estimate of drug-likeness (QED) is 0.881. The van der Waals surface area contributed by atoms with Gasteiger partial charge >= 0.3 is 0 Å². The molecule has 0 radical (unpaired) electrons. The van der Waals surface area contributed by atoms with Gasteiger partial charge in [-0.3, -0.25) is 4.79 Å². The molecule has 1 aromatic heterocycles. The first kappa shape index (κ1) is 13.7. The zero-order valence-corrected chi connectivity index (χ0v) is 12.6. The van der Waals surface area contributed by atoms with E-state index in [2.05, 4.69) is 0 Å². The Morgan fingerprint density at radius 1 is 1.55 bits per heavy atom. The number of morpholine rings is 1. The number of fused-ring (bicyclic) bond motifs is 1. The number of halogens is 1. The molecule has 1 aliphatic heterocycles. The number of amides is 1. The second-order valence-electron chi connectivity index (χ2n) is 4.91. The Morgan fingerprint density at radius 2 is 2.35 bits per heavy atom. The van der Waals surface area contributed by atoms with E-state index in [-0.39, 0.29) is 11.9 Å². The second-order valence-corrected chi connectivity index (χ2v) is 6.40. The Bertz CT molecular complexity index is 670. The molecule has 2 N–H and O–H groups in total. The summed E-state index contributed by atoms with van der Waals surface area (Å²) in [7, 11) is 0. The Morgan fingerprint density at radius 3 is 3.10 bits per heavy atom. The molecule has 3 rings (SSSR count). The van der Waals surface area contributed by atoms with Crippen LogP contribution in [0.25, 0.3) is 10.1 Å². The number of carbonyl (C=O) groups excluding carboxylic acids is 1. The van der Waals surface area contributed by atoms with Crippen LogP contribution in [0.5, 0.6) is 0 Å². The summed E-state index contributed by atoms with van der Waals surface area (Å²) in [6.07, 6.45) is 0. The normalized spacial score (nSPS) is 19.5.